The van der Waals surface area contributed by atoms with Gasteiger partial charge in [0, 0.05) is 24.8 Å². The predicted octanol–water partition coefficient (Wildman–Crippen LogP) is 1.79. The van der Waals surface area contributed by atoms with Gasteiger partial charge in [0.15, 0.2) is 0 Å². The number of rotatable bonds is 3. The quantitative estimate of drug-likeness (QED) is 0.766. The highest BCUT2D eigenvalue weighted by Gasteiger charge is 2.17. The lowest BCUT2D eigenvalue weighted by Gasteiger charge is -2.27. The van der Waals surface area contributed by atoms with Gasteiger partial charge in [-0.15, -0.1) is 0 Å². The van der Waals surface area contributed by atoms with E-state index in [0.29, 0.717) is 12.0 Å². The molecule has 2 rings (SSSR count). The van der Waals surface area contributed by atoms with Crippen LogP contribution in [0.4, 0.5) is 11.8 Å². The molecule has 0 aromatic carbocycles. The normalized spacial score (nSPS) is 16.1. The Labute approximate surface area is 84.2 Å². The zero-order chi connectivity index (χ0) is 9.97. The Hall–Kier alpha value is -1.32. The molecule has 1 aliphatic rings. The Balaban J connectivity index is 2.11. The van der Waals surface area contributed by atoms with Gasteiger partial charge in [0.1, 0.15) is 5.82 Å². The van der Waals surface area contributed by atoms with Crippen LogP contribution >= 0.6 is 0 Å². The van der Waals surface area contributed by atoms with Crippen LogP contribution in [0.1, 0.15) is 25.0 Å². The summed E-state index contributed by atoms with van der Waals surface area (Å²) in [5.74, 6) is 1.62. The highest BCUT2D eigenvalue weighted by Crippen LogP contribution is 2.22. The number of nitrogens with zero attached hydrogens (tertiary/aromatic N) is 2. The maximum atomic E-state index is 4.34. The lowest BCUT2D eigenvalue weighted by atomic mass is 9.93. The second-order valence-electron chi connectivity index (χ2n) is 3.74. The number of hydrogen-bond acceptors (Lipinski definition) is 4. The number of aryl methyl sites for hydroxylation is 1. The van der Waals surface area contributed by atoms with Crippen LogP contribution in [0.15, 0.2) is 6.07 Å². The number of aromatic nitrogens is 2. The van der Waals surface area contributed by atoms with Gasteiger partial charge < -0.3 is 10.6 Å². The molecule has 4 nitrogen and oxygen atoms in total. The highest BCUT2D eigenvalue weighted by atomic mass is 15.1. The Bertz CT molecular complexity index is 320. The van der Waals surface area contributed by atoms with E-state index in [1.54, 1.807) is 0 Å². The molecule has 1 fully saturated rings. The molecule has 0 atom stereocenters. The second kappa shape index (κ2) is 3.82. The zero-order valence-corrected chi connectivity index (χ0v) is 8.67. The molecule has 2 N–H and O–H groups in total. The van der Waals surface area contributed by atoms with E-state index < -0.39 is 0 Å². The summed E-state index contributed by atoms with van der Waals surface area (Å²) < 4.78 is 0. The largest absolute Gasteiger partial charge is 0.367 e. The van der Waals surface area contributed by atoms with Crippen LogP contribution in [0, 0.1) is 6.92 Å². The van der Waals surface area contributed by atoms with Crippen molar-refractivity contribution in [2.45, 2.75) is 32.2 Å². The minimum absolute atomic E-state index is 0.619. The first-order valence-corrected chi connectivity index (χ1v) is 5.08. The van der Waals surface area contributed by atoms with Crippen LogP contribution in [0.25, 0.3) is 0 Å². The van der Waals surface area contributed by atoms with Gasteiger partial charge in [-0.1, -0.05) is 0 Å². The standard InChI is InChI=1S/C10H16N4/c1-7-6-9(13-8-4-3-5-8)14-10(11-2)12-7/h6,8H,3-5H2,1-2H3,(H2,11,12,13,14). The summed E-state index contributed by atoms with van der Waals surface area (Å²) in [6, 6.07) is 2.60. The minimum atomic E-state index is 0.619. The van der Waals surface area contributed by atoms with Crippen molar-refractivity contribution < 1.29 is 0 Å². The SMILES string of the molecule is CNc1nc(C)cc(NC2CCC2)n1. The fraction of sp³-hybridized carbons (Fsp3) is 0.600. The van der Waals surface area contributed by atoms with Crippen LogP contribution in [-0.2, 0) is 0 Å². The van der Waals surface area contributed by atoms with E-state index >= 15 is 0 Å². The van der Waals surface area contributed by atoms with Crippen LogP contribution in [0.3, 0.4) is 0 Å². The van der Waals surface area contributed by atoms with Gasteiger partial charge in [-0.05, 0) is 26.2 Å². The molecule has 76 valence electrons. The van der Waals surface area contributed by atoms with E-state index in [-0.39, 0.29) is 0 Å². The smallest absolute Gasteiger partial charge is 0.224 e. The minimum Gasteiger partial charge on any atom is -0.367 e. The molecular weight excluding hydrogens is 176 g/mol. The van der Waals surface area contributed by atoms with Gasteiger partial charge in [-0.3, -0.25) is 0 Å². The van der Waals surface area contributed by atoms with E-state index in [9.17, 15) is 0 Å². The molecule has 1 aromatic rings. The molecule has 0 radical (unpaired) electrons. The molecule has 1 saturated carbocycles. The van der Waals surface area contributed by atoms with Crippen LogP contribution < -0.4 is 10.6 Å². The van der Waals surface area contributed by atoms with Crippen molar-refractivity contribution in [1.29, 1.82) is 0 Å². The van der Waals surface area contributed by atoms with Gasteiger partial charge in [-0.2, -0.15) is 4.98 Å². The summed E-state index contributed by atoms with van der Waals surface area (Å²) in [7, 11) is 1.84. The molecule has 0 bridgehead atoms. The lowest BCUT2D eigenvalue weighted by molar-refractivity contribution is 0.444. The predicted molar refractivity (Wildman–Crippen MR) is 57.6 cm³/mol. The Morgan fingerprint density at radius 2 is 2.14 bits per heavy atom. The van der Waals surface area contributed by atoms with Crippen LogP contribution in [0.2, 0.25) is 0 Å². The molecular formula is C10H16N4. The van der Waals surface area contributed by atoms with Gasteiger partial charge in [0.05, 0.1) is 0 Å². The number of hydrogen-bond donors (Lipinski definition) is 2. The lowest BCUT2D eigenvalue weighted by Crippen LogP contribution is -2.27. The van der Waals surface area contributed by atoms with Crippen LogP contribution in [0.5, 0.6) is 0 Å². The molecule has 0 amide bonds. The van der Waals surface area contributed by atoms with Gasteiger partial charge in [0.2, 0.25) is 5.95 Å². The highest BCUT2D eigenvalue weighted by molar-refractivity contribution is 5.42. The number of anilines is 2. The van der Waals surface area contributed by atoms with Crippen molar-refractivity contribution in [3.05, 3.63) is 11.8 Å². The van der Waals surface area contributed by atoms with E-state index in [1.807, 2.05) is 20.0 Å². The van der Waals surface area contributed by atoms with Crippen molar-refractivity contribution in [3.63, 3.8) is 0 Å². The Kier molecular flexibility index (Phi) is 2.52. The van der Waals surface area contributed by atoms with E-state index in [4.69, 9.17) is 0 Å². The molecule has 0 aliphatic heterocycles. The average molecular weight is 192 g/mol. The summed E-state index contributed by atoms with van der Waals surface area (Å²) in [5.41, 5.74) is 0.992. The van der Waals surface area contributed by atoms with Crippen molar-refractivity contribution in [2.24, 2.45) is 0 Å². The molecule has 14 heavy (non-hydrogen) atoms. The van der Waals surface area contributed by atoms with Gasteiger partial charge in [-0.25, -0.2) is 4.98 Å². The van der Waals surface area contributed by atoms with Crippen molar-refractivity contribution in [2.75, 3.05) is 17.7 Å². The first kappa shape index (κ1) is 9.24. The average Bonchev–Trinajstić information content (AvgIpc) is 2.10. The topological polar surface area (TPSA) is 49.8 Å². The van der Waals surface area contributed by atoms with Crippen molar-refractivity contribution in [1.82, 2.24) is 9.97 Å². The van der Waals surface area contributed by atoms with Crippen molar-refractivity contribution >= 4 is 11.8 Å². The monoisotopic (exact) mass is 192 g/mol. The van der Waals surface area contributed by atoms with E-state index in [2.05, 4.69) is 20.6 Å². The summed E-state index contributed by atoms with van der Waals surface area (Å²) in [5, 5.41) is 6.36. The zero-order valence-electron chi connectivity index (χ0n) is 8.67. The summed E-state index contributed by atoms with van der Waals surface area (Å²) >= 11 is 0. The maximum absolute atomic E-state index is 4.34. The summed E-state index contributed by atoms with van der Waals surface area (Å²) in [6.07, 6.45) is 3.86. The Morgan fingerprint density at radius 1 is 1.36 bits per heavy atom. The fourth-order valence-corrected chi connectivity index (χ4v) is 1.52. The molecule has 0 saturated heterocycles. The van der Waals surface area contributed by atoms with Crippen LogP contribution in [-0.4, -0.2) is 23.1 Å². The molecule has 4 heteroatoms. The first-order chi connectivity index (χ1) is 6.78. The fourth-order valence-electron chi connectivity index (χ4n) is 1.52. The maximum Gasteiger partial charge on any atom is 0.224 e. The third-order valence-electron chi connectivity index (χ3n) is 2.53. The second-order valence-corrected chi connectivity index (χ2v) is 3.74. The number of nitrogens with one attached hydrogen (secondary N) is 2. The van der Waals surface area contributed by atoms with E-state index in [0.717, 1.165) is 11.5 Å². The third-order valence-corrected chi connectivity index (χ3v) is 2.53. The third kappa shape index (κ3) is 1.95. The molecule has 1 aromatic heterocycles. The first-order valence-electron chi connectivity index (χ1n) is 5.08. The van der Waals surface area contributed by atoms with Gasteiger partial charge in [0.25, 0.3) is 0 Å². The van der Waals surface area contributed by atoms with Gasteiger partial charge >= 0.3 is 0 Å². The summed E-state index contributed by atoms with van der Waals surface area (Å²) in [4.78, 5) is 8.58. The molecule has 1 aliphatic carbocycles. The molecule has 1 heterocycles. The molecule has 0 spiro atoms. The summed E-state index contributed by atoms with van der Waals surface area (Å²) in [6.45, 7) is 1.98. The molecule has 0 unspecified atom stereocenters. The van der Waals surface area contributed by atoms with Crippen molar-refractivity contribution in [3.8, 4) is 0 Å². The van der Waals surface area contributed by atoms with E-state index in [1.165, 1.54) is 19.3 Å². The Morgan fingerprint density at radius 3 is 2.71 bits per heavy atom.